The highest BCUT2D eigenvalue weighted by Crippen LogP contribution is 1.72. The minimum atomic E-state index is -0.346. The van der Waals surface area contributed by atoms with E-state index in [2.05, 4.69) is 9.73 Å². The van der Waals surface area contributed by atoms with Crippen LogP contribution in [0.3, 0.4) is 0 Å². The predicted octanol–water partition coefficient (Wildman–Crippen LogP) is -0.769. The van der Waals surface area contributed by atoms with Gasteiger partial charge in [-0.25, -0.2) is 0 Å². The fourth-order valence-electron chi connectivity index (χ4n) is 0.299. The molecule has 0 aromatic rings. The van der Waals surface area contributed by atoms with Crippen molar-refractivity contribution in [2.45, 2.75) is 6.92 Å². The summed E-state index contributed by atoms with van der Waals surface area (Å²) in [6.45, 7) is 2.20. The molecular weight excluding hydrogens is 120 g/mol. The number of nitrogens with two attached hydrogens (primary N) is 2. The topological polar surface area (TPSA) is 97.5 Å². The lowest BCUT2D eigenvalue weighted by atomic mass is 10.9. The Morgan fingerprint density at radius 3 is 2.56 bits per heavy atom. The van der Waals surface area contributed by atoms with E-state index in [0.717, 1.165) is 0 Å². The first-order valence-electron chi connectivity index (χ1n) is 2.47. The smallest absolute Gasteiger partial charge is 0.289 e. The lowest BCUT2D eigenvalue weighted by Gasteiger charge is -1.97. The lowest BCUT2D eigenvalue weighted by molar-refractivity contribution is 0.322. The first kappa shape index (κ1) is 7.74. The highest BCUT2D eigenvalue weighted by molar-refractivity contribution is 5.88. The molecular formula is C4H10N4O. The van der Waals surface area contributed by atoms with Crippen LogP contribution >= 0.6 is 0 Å². The van der Waals surface area contributed by atoms with Crippen LogP contribution in [0.5, 0.6) is 0 Å². The van der Waals surface area contributed by atoms with Gasteiger partial charge in [-0.2, -0.15) is 4.99 Å². The Morgan fingerprint density at radius 2 is 2.22 bits per heavy atom. The predicted molar refractivity (Wildman–Crippen MR) is 35.2 cm³/mol. The van der Waals surface area contributed by atoms with E-state index in [4.69, 9.17) is 16.9 Å². The Labute approximate surface area is 53.2 Å². The summed E-state index contributed by atoms with van der Waals surface area (Å²) < 4.78 is 4.66. The molecule has 0 aromatic heterocycles. The molecule has 0 aliphatic carbocycles. The van der Waals surface area contributed by atoms with Crippen LogP contribution in [-0.2, 0) is 4.74 Å². The third-order valence-corrected chi connectivity index (χ3v) is 0.523. The van der Waals surface area contributed by atoms with Crippen molar-refractivity contribution in [2.75, 3.05) is 6.61 Å². The molecule has 52 valence electrons. The summed E-state index contributed by atoms with van der Waals surface area (Å²) in [5, 5.41) is 6.63. The fraction of sp³-hybridized carbons (Fsp3) is 0.500. The van der Waals surface area contributed by atoms with Gasteiger partial charge in [0.05, 0.1) is 6.61 Å². The molecule has 5 heteroatoms. The van der Waals surface area contributed by atoms with Gasteiger partial charge in [-0.05, 0) is 6.92 Å². The van der Waals surface area contributed by atoms with Gasteiger partial charge in [0.25, 0.3) is 6.02 Å². The number of hydrogen-bond donors (Lipinski definition) is 3. The Kier molecular flexibility index (Phi) is 3.19. The molecule has 0 aromatic carbocycles. The van der Waals surface area contributed by atoms with E-state index < -0.39 is 0 Å². The molecule has 0 atom stereocenters. The largest absolute Gasteiger partial charge is 0.465 e. The molecule has 5 nitrogen and oxygen atoms in total. The normalized spacial score (nSPS) is 11.0. The van der Waals surface area contributed by atoms with Crippen LogP contribution < -0.4 is 11.5 Å². The quantitative estimate of drug-likeness (QED) is 0.321. The monoisotopic (exact) mass is 130 g/mol. The molecule has 0 saturated heterocycles. The molecule has 9 heavy (non-hydrogen) atoms. The summed E-state index contributed by atoms with van der Waals surface area (Å²) in [5.74, 6) is -0.346. The van der Waals surface area contributed by atoms with Crippen LogP contribution in [0.1, 0.15) is 6.92 Å². The van der Waals surface area contributed by atoms with Crippen molar-refractivity contribution in [3.63, 3.8) is 0 Å². The second kappa shape index (κ2) is 3.71. The van der Waals surface area contributed by atoms with E-state index in [0.29, 0.717) is 6.61 Å². The number of nitrogens with one attached hydrogen (secondary N) is 1. The van der Waals surface area contributed by atoms with Crippen molar-refractivity contribution in [3.05, 3.63) is 0 Å². The molecule has 0 aliphatic rings. The SMILES string of the molecule is CCOC(N)=NC(=N)N. The molecule has 0 rings (SSSR count). The zero-order valence-electron chi connectivity index (χ0n) is 5.22. The van der Waals surface area contributed by atoms with Crippen LogP contribution in [0.15, 0.2) is 4.99 Å². The average molecular weight is 130 g/mol. The molecule has 0 bridgehead atoms. The van der Waals surface area contributed by atoms with Crippen LogP contribution in [0.4, 0.5) is 0 Å². The third kappa shape index (κ3) is 4.60. The van der Waals surface area contributed by atoms with Crippen molar-refractivity contribution in [3.8, 4) is 0 Å². The van der Waals surface area contributed by atoms with Crippen molar-refractivity contribution < 1.29 is 4.74 Å². The Hall–Kier alpha value is -1.26. The number of rotatable bonds is 1. The zero-order chi connectivity index (χ0) is 7.28. The standard InChI is InChI=1S/C4H10N4O/c1-2-9-4(7)8-3(5)6/h2H2,1H3,(H5,5,6,7,8). The molecule has 5 N–H and O–H groups in total. The average Bonchev–Trinajstić information content (AvgIpc) is 1.63. The number of nitrogens with zero attached hydrogens (tertiary/aromatic N) is 1. The van der Waals surface area contributed by atoms with Gasteiger partial charge in [0.2, 0.25) is 5.96 Å². The summed E-state index contributed by atoms with van der Waals surface area (Å²) in [6, 6.07) is -0.0648. The molecule has 0 fully saturated rings. The minimum Gasteiger partial charge on any atom is -0.465 e. The molecule has 0 spiro atoms. The summed E-state index contributed by atoms with van der Waals surface area (Å²) >= 11 is 0. The second-order valence-electron chi connectivity index (χ2n) is 1.27. The number of ether oxygens (including phenoxy) is 1. The highest BCUT2D eigenvalue weighted by Gasteiger charge is 1.88. The first-order chi connectivity index (χ1) is 4.16. The number of hydrogen-bond acceptors (Lipinski definition) is 2. The molecule has 0 amide bonds. The summed E-state index contributed by atoms with van der Waals surface area (Å²) in [6.07, 6.45) is 0. The van der Waals surface area contributed by atoms with E-state index in [1.807, 2.05) is 0 Å². The van der Waals surface area contributed by atoms with Crippen molar-refractivity contribution in [1.82, 2.24) is 0 Å². The van der Waals surface area contributed by atoms with E-state index in [-0.39, 0.29) is 12.0 Å². The third-order valence-electron chi connectivity index (χ3n) is 0.523. The van der Waals surface area contributed by atoms with Gasteiger partial charge in [0.1, 0.15) is 0 Å². The van der Waals surface area contributed by atoms with E-state index in [1.165, 1.54) is 0 Å². The Morgan fingerprint density at radius 1 is 1.67 bits per heavy atom. The maximum Gasteiger partial charge on any atom is 0.289 e. The van der Waals surface area contributed by atoms with E-state index in [9.17, 15) is 0 Å². The maximum atomic E-state index is 6.63. The first-order valence-corrected chi connectivity index (χ1v) is 2.47. The molecule has 0 saturated carbocycles. The van der Waals surface area contributed by atoms with E-state index >= 15 is 0 Å². The van der Waals surface area contributed by atoms with Gasteiger partial charge in [-0.1, -0.05) is 0 Å². The van der Waals surface area contributed by atoms with Crippen LogP contribution in [-0.4, -0.2) is 18.6 Å². The molecule has 0 unspecified atom stereocenters. The molecule has 0 radical (unpaired) electrons. The second-order valence-corrected chi connectivity index (χ2v) is 1.27. The van der Waals surface area contributed by atoms with E-state index in [1.54, 1.807) is 6.92 Å². The van der Waals surface area contributed by atoms with Crippen LogP contribution in [0, 0.1) is 5.41 Å². The van der Waals surface area contributed by atoms with Crippen molar-refractivity contribution >= 4 is 12.0 Å². The maximum absolute atomic E-state index is 6.63. The lowest BCUT2D eigenvalue weighted by Crippen LogP contribution is -2.20. The highest BCUT2D eigenvalue weighted by atomic mass is 16.5. The van der Waals surface area contributed by atoms with Gasteiger partial charge < -0.3 is 16.2 Å². The molecule has 0 aliphatic heterocycles. The summed E-state index contributed by atoms with van der Waals surface area (Å²) in [7, 11) is 0. The number of amidine groups is 1. The fourth-order valence-corrected chi connectivity index (χ4v) is 0.299. The Bertz CT molecular complexity index is 131. The van der Waals surface area contributed by atoms with Crippen LogP contribution in [0.25, 0.3) is 0 Å². The van der Waals surface area contributed by atoms with Gasteiger partial charge in [-0.15, -0.1) is 0 Å². The Balaban J connectivity index is 3.69. The van der Waals surface area contributed by atoms with Crippen LogP contribution in [0.2, 0.25) is 0 Å². The van der Waals surface area contributed by atoms with Gasteiger partial charge in [-0.3, -0.25) is 5.41 Å². The molecule has 0 heterocycles. The summed E-state index contributed by atoms with van der Waals surface area (Å²) in [4.78, 5) is 3.30. The summed E-state index contributed by atoms with van der Waals surface area (Å²) in [5.41, 5.74) is 9.95. The number of aliphatic imine (C=N–C) groups is 1. The minimum absolute atomic E-state index is 0.0648. The van der Waals surface area contributed by atoms with Gasteiger partial charge in [0, 0.05) is 0 Å². The van der Waals surface area contributed by atoms with Crippen molar-refractivity contribution in [1.29, 1.82) is 5.41 Å². The van der Waals surface area contributed by atoms with Crippen molar-refractivity contribution in [2.24, 2.45) is 16.5 Å². The zero-order valence-corrected chi connectivity index (χ0v) is 5.22. The van der Waals surface area contributed by atoms with Gasteiger partial charge >= 0.3 is 0 Å². The van der Waals surface area contributed by atoms with Gasteiger partial charge in [0.15, 0.2) is 0 Å². The number of guanidine groups is 1.